The summed E-state index contributed by atoms with van der Waals surface area (Å²) in [6.07, 6.45) is 2.05. The van der Waals surface area contributed by atoms with Crippen LogP contribution < -0.4 is 5.32 Å². The molecule has 1 saturated carbocycles. The Bertz CT molecular complexity index is 243. The van der Waals surface area contributed by atoms with E-state index in [0.717, 1.165) is 25.9 Å². The second kappa shape index (κ2) is 2.96. The van der Waals surface area contributed by atoms with Crippen LogP contribution >= 0.6 is 0 Å². The first-order valence-electron chi connectivity index (χ1n) is 5.34. The molecule has 1 aliphatic carbocycles. The van der Waals surface area contributed by atoms with Crippen molar-refractivity contribution in [2.75, 3.05) is 13.1 Å². The summed E-state index contributed by atoms with van der Waals surface area (Å²) in [6.45, 7) is 7.94. The predicted molar refractivity (Wildman–Crippen MR) is 53.9 cm³/mol. The van der Waals surface area contributed by atoms with E-state index in [9.17, 15) is 4.79 Å². The van der Waals surface area contributed by atoms with Gasteiger partial charge in [0.05, 0.1) is 5.92 Å². The van der Waals surface area contributed by atoms with Crippen LogP contribution in [0, 0.1) is 11.3 Å². The molecule has 0 unspecified atom stereocenters. The summed E-state index contributed by atoms with van der Waals surface area (Å²) in [5.41, 5.74) is 0.124. The molecule has 2 fully saturated rings. The predicted octanol–water partition coefficient (Wildman–Crippen LogP) is 1.33. The quantitative estimate of drug-likeness (QED) is 0.644. The van der Waals surface area contributed by atoms with Crippen molar-refractivity contribution in [1.29, 1.82) is 0 Å². The van der Waals surface area contributed by atoms with E-state index in [2.05, 4.69) is 5.32 Å². The third-order valence-electron chi connectivity index (χ3n) is 3.10. The van der Waals surface area contributed by atoms with E-state index in [1.54, 1.807) is 0 Å². The molecule has 0 bridgehead atoms. The number of carbonyl (C=O) groups excluding carboxylic acids is 1. The van der Waals surface area contributed by atoms with E-state index < -0.39 is 0 Å². The second-order valence-electron chi connectivity index (χ2n) is 5.74. The van der Waals surface area contributed by atoms with Gasteiger partial charge >= 0.3 is 5.97 Å². The smallest absolute Gasteiger partial charge is 0.309 e. The maximum Gasteiger partial charge on any atom is 0.309 e. The Morgan fingerprint density at radius 3 is 2.29 bits per heavy atom. The van der Waals surface area contributed by atoms with Gasteiger partial charge in [-0.2, -0.15) is 0 Å². The number of ether oxygens (including phenoxy) is 1. The molecule has 0 radical (unpaired) electrons. The Labute approximate surface area is 85.2 Å². The molecule has 0 atom stereocenters. The van der Waals surface area contributed by atoms with Crippen molar-refractivity contribution in [3.63, 3.8) is 0 Å². The lowest BCUT2D eigenvalue weighted by Gasteiger charge is -2.53. The van der Waals surface area contributed by atoms with Crippen LogP contribution in [0.1, 0.15) is 33.6 Å². The molecule has 2 aliphatic rings. The zero-order chi connectivity index (χ0) is 10.4. The summed E-state index contributed by atoms with van der Waals surface area (Å²) in [5.74, 6) is 0.159. The highest BCUT2D eigenvalue weighted by molar-refractivity contribution is 5.74. The summed E-state index contributed by atoms with van der Waals surface area (Å²) in [5, 5.41) is 3.26. The van der Waals surface area contributed by atoms with E-state index in [-0.39, 0.29) is 17.5 Å². The molecule has 0 aromatic rings. The van der Waals surface area contributed by atoms with E-state index in [4.69, 9.17) is 4.74 Å². The summed E-state index contributed by atoms with van der Waals surface area (Å²) in [7, 11) is 0. The van der Waals surface area contributed by atoms with E-state index in [1.165, 1.54) is 0 Å². The van der Waals surface area contributed by atoms with Gasteiger partial charge < -0.3 is 10.1 Å². The average molecular weight is 197 g/mol. The molecular weight excluding hydrogens is 178 g/mol. The summed E-state index contributed by atoms with van der Waals surface area (Å²) >= 11 is 0. The Hall–Kier alpha value is -0.570. The van der Waals surface area contributed by atoms with Crippen molar-refractivity contribution in [2.24, 2.45) is 11.3 Å². The lowest BCUT2D eigenvalue weighted by molar-refractivity contribution is -0.170. The van der Waals surface area contributed by atoms with Gasteiger partial charge in [-0.15, -0.1) is 0 Å². The molecule has 3 nitrogen and oxygen atoms in total. The van der Waals surface area contributed by atoms with Crippen LogP contribution in [0.4, 0.5) is 0 Å². The zero-order valence-electron chi connectivity index (χ0n) is 9.22. The molecule has 14 heavy (non-hydrogen) atoms. The number of esters is 1. The minimum Gasteiger partial charge on any atom is -0.460 e. The molecule has 1 N–H and O–H groups in total. The van der Waals surface area contributed by atoms with Gasteiger partial charge in [0.1, 0.15) is 5.60 Å². The molecule has 1 spiro atoms. The molecule has 1 saturated heterocycles. The lowest BCUT2D eigenvalue weighted by atomic mass is 9.58. The van der Waals surface area contributed by atoms with Gasteiger partial charge in [0.2, 0.25) is 0 Å². The second-order valence-corrected chi connectivity index (χ2v) is 5.74. The zero-order valence-corrected chi connectivity index (χ0v) is 9.22. The monoisotopic (exact) mass is 197 g/mol. The first-order valence-corrected chi connectivity index (χ1v) is 5.34. The minimum atomic E-state index is -0.336. The molecular formula is C11H19NO2. The van der Waals surface area contributed by atoms with Crippen LogP contribution in [0.15, 0.2) is 0 Å². The Morgan fingerprint density at radius 2 is 1.93 bits per heavy atom. The highest BCUT2D eigenvalue weighted by Gasteiger charge is 2.51. The van der Waals surface area contributed by atoms with Crippen molar-refractivity contribution in [3.05, 3.63) is 0 Å². The van der Waals surface area contributed by atoms with Gasteiger partial charge in [-0.25, -0.2) is 0 Å². The van der Waals surface area contributed by atoms with Crippen LogP contribution in [-0.4, -0.2) is 24.7 Å². The van der Waals surface area contributed by atoms with Gasteiger partial charge in [-0.3, -0.25) is 4.79 Å². The van der Waals surface area contributed by atoms with Gasteiger partial charge in [0.25, 0.3) is 0 Å². The fourth-order valence-electron chi connectivity index (χ4n) is 2.30. The number of nitrogens with one attached hydrogen (secondary N) is 1. The summed E-state index contributed by atoms with van der Waals surface area (Å²) in [4.78, 5) is 11.6. The lowest BCUT2D eigenvalue weighted by Crippen LogP contribution is -2.61. The normalized spacial score (nSPS) is 25.4. The van der Waals surface area contributed by atoms with Crippen LogP contribution in [-0.2, 0) is 9.53 Å². The molecule has 1 heterocycles. The number of hydrogen-bond acceptors (Lipinski definition) is 3. The Kier molecular flexibility index (Phi) is 2.11. The SMILES string of the molecule is CC(C)(C)OC(=O)C1CC2(CNC2)C1. The highest BCUT2D eigenvalue weighted by Crippen LogP contribution is 2.48. The van der Waals surface area contributed by atoms with Crippen molar-refractivity contribution in [2.45, 2.75) is 39.2 Å². The largest absolute Gasteiger partial charge is 0.460 e. The molecule has 0 amide bonds. The first kappa shape index (κ1) is 9.97. The summed E-state index contributed by atoms with van der Waals surface area (Å²) < 4.78 is 5.34. The van der Waals surface area contributed by atoms with E-state index in [1.807, 2.05) is 20.8 Å². The number of hydrogen-bond donors (Lipinski definition) is 1. The van der Waals surface area contributed by atoms with Crippen LogP contribution in [0.2, 0.25) is 0 Å². The number of rotatable bonds is 1. The Morgan fingerprint density at radius 1 is 1.36 bits per heavy atom. The van der Waals surface area contributed by atoms with Gasteiger partial charge in [0.15, 0.2) is 0 Å². The topological polar surface area (TPSA) is 38.3 Å². The fraction of sp³-hybridized carbons (Fsp3) is 0.909. The van der Waals surface area contributed by atoms with Crippen molar-refractivity contribution in [1.82, 2.24) is 5.32 Å². The number of carbonyl (C=O) groups is 1. The van der Waals surface area contributed by atoms with E-state index in [0.29, 0.717) is 5.41 Å². The van der Waals surface area contributed by atoms with Crippen molar-refractivity contribution in [3.8, 4) is 0 Å². The third-order valence-corrected chi connectivity index (χ3v) is 3.10. The van der Waals surface area contributed by atoms with Gasteiger partial charge in [0, 0.05) is 13.1 Å². The van der Waals surface area contributed by atoms with Crippen LogP contribution in [0.25, 0.3) is 0 Å². The van der Waals surface area contributed by atoms with Crippen molar-refractivity contribution < 1.29 is 9.53 Å². The maximum absolute atomic E-state index is 11.6. The summed E-state index contributed by atoms with van der Waals surface area (Å²) in [6, 6.07) is 0. The fourth-order valence-corrected chi connectivity index (χ4v) is 2.30. The molecule has 80 valence electrons. The highest BCUT2D eigenvalue weighted by atomic mass is 16.6. The molecule has 0 aromatic carbocycles. The Balaban J connectivity index is 1.79. The van der Waals surface area contributed by atoms with Crippen LogP contribution in [0.5, 0.6) is 0 Å². The third kappa shape index (κ3) is 1.78. The van der Waals surface area contributed by atoms with Crippen molar-refractivity contribution >= 4 is 5.97 Å². The molecule has 3 heteroatoms. The molecule has 2 rings (SSSR count). The average Bonchev–Trinajstić information content (AvgIpc) is 1.74. The standard InChI is InChI=1S/C11H19NO2/c1-10(2,3)14-9(13)8-4-11(5-8)6-12-7-11/h8,12H,4-7H2,1-3H3. The van der Waals surface area contributed by atoms with Gasteiger partial charge in [-0.05, 0) is 39.0 Å². The van der Waals surface area contributed by atoms with Gasteiger partial charge in [-0.1, -0.05) is 0 Å². The van der Waals surface area contributed by atoms with E-state index >= 15 is 0 Å². The van der Waals surface area contributed by atoms with Crippen LogP contribution in [0.3, 0.4) is 0 Å². The minimum absolute atomic E-state index is 0.00461. The first-order chi connectivity index (χ1) is 6.40. The molecule has 1 aliphatic heterocycles. The maximum atomic E-state index is 11.6. The molecule has 0 aromatic heterocycles.